The fourth-order valence-corrected chi connectivity index (χ4v) is 3.97. The number of ether oxygens (including phenoxy) is 3. The fraction of sp³-hybridized carbons (Fsp3) is 0.185. The second-order valence-corrected chi connectivity index (χ2v) is 8.22. The molecule has 0 aliphatic carbocycles. The van der Waals surface area contributed by atoms with Crippen LogP contribution in [0.5, 0.6) is 23.1 Å². The number of para-hydroxylation sites is 2. The van der Waals surface area contributed by atoms with Crippen LogP contribution in [-0.4, -0.2) is 39.3 Å². The molecular weight excluding hydrogens is 474 g/mol. The molecule has 5 aromatic rings. The highest BCUT2D eigenvalue weighted by Gasteiger charge is 2.19. The summed E-state index contributed by atoms with van der Waals surface area (Å²) in [6, 6.07) is 19.8. The van der Waals surface area contributed by atoms with Crippen LogP contribution in [0.25, 0.3) is 16.7 Å². The van der Waals surface area contributed by atoms with Gasteiger partial charge in [0.15, 0.2) is 0 Å². The number of amides is 1. The first-order chi connectivity index (χ1) is 18.0. The van der Waals surface area contributed by atoms with E-state index in [1.54, 1.807) is 43.5 Å². The van der Waals surface area contributed by atoms with Gasteiger partial charge in [-0.2, -0.15) is 0 Å². The number of aryl methyl sites for hydroxylation is 1. The SMILES string of the molecule is CCc1ccc(Oc2nc3ccccc3n3c(=O)n(CC(=O)Nc4ccc(OC)cc4OC)nc23)cc1. The lowest BCUT2D eigenvalue weighted by atomic mass is 10.2. The van der Waals surface area contributed by atoms with Gasteiger partial charge in [-0.05, 0) is 48.4 Å². The third kappa shape index (κ3) is 4.68. The first-order valence-electron chi connectivity index (χ1n) is 11.7. The third-order valence-corrected chi connectivity index (χ3v) is 5.90. The van der Waals surface area contributed by atoms with Gasteiger partial charge in [0.05, 0.1) is 30.9 Å². The maximum Gasteiger partial charge on any atom is 0.351 e. The minimum absolute atomic E-state index is 0.163. The Balaban J connectivity index is 1.51. The molecule has 0 saturated carbocycles. The Kier molecular flexibility index (Phi) is 6.46. The highest BCUT2D eigenvalue weighted by Crippen LogP contribution is 2.29. The molecule has 3 aromatic carbocycles. The zero-order chi connectivity index (χ0) is 25.9. The molecule has 2 aromatic heterocycles. The molecule has 1 N–H and O–H groups in total. The van der Waals surface area contributed by atoms with Gasteiger partial charge in [-0.3, -0.25) is 4.79 Å². The van der Waals surface area contributed by atoms with Crippen molar-refractivity contribution in [1.29, 1.82) is 0 Å². The summed E-state index contributed by atoms with van der Waals surface area (Å²) in [5.74, 6) is 1.28. The van der Waals surface area contributed by atoms with Crippen LogP contribution >= 0.6 is 0 Å². The molecule has 0 spiro atoms. The number of anilines is 1. The van der Waals surface area contributed by atoms with Gasteiger partial charge in [0, 0.05) is 6.07 Å². The monoisotopic (exact) mass is 499 g/mol. The molecule has 188 valence electrons. The molecule has 37 heavy (non-hydrogen) atoms. The molecule has 2 heterocycles. The number of fused-ring (bicyclic) bond motifs is 3. The van der Waals surface area contributed by atoms with Crippen LogP contribution in [0.4, 0.5) is 5.69 Å². The molecule has 0 unspecified atom stereocenters. The van der Waals surface area contributed by atoms with Crippen LogP contribution in [0.1, 0.15) is 12.5 Å². The van der Waals surface area contributed by atoms with Crippen molar-refractivity contribution in [3.05, 3.63) is 82.8 Å². The van der Waals surface area contributed by atoms with Gasteiger partial charge in [0.1, 0.15) is 23.8 Å². The minimum Gasteiger partial charge on any atom is -0.497 e. The normalized spacial score (nSPS) is 11.0. The second-order valence-electron chi connectivity index (χ2n) is 8.22. The van der Waals surface area contributed by atoms with Crippen molar-refractivity contribution < 1.29 is 19.0 Å². The quantitative estimate of drug-likeness (QED) is 0.343. The summed E-state index contributed by atoms with van der Waals surface area (Å²) >= 11 is 0. The van der Waals surface area contributed by atoms with Gasteiger partial charge in [-0.25, -0.2) is 18.9 Å². The number of carbonyl (C=O) groups excluding carboxylic acids is 1. The summed E-state index contributed by atoms with van der Waals surface area (Å²) < 4.78 is 19.1. The summed E-state index contributed by atoms with van der Waals surface area (Å²) in [7, 11) is 3.03. The van der Waals surface area contributed by atoms with Crippen molar-refractivity contribution in [3.63, 3.8) is 0 Å². The van der Waals surface area contributed by atoms with E-state index in [1.165, 1.54) is 17.1 Å². The number of hydrogen-bond donors (Lipinski definition) is 1. The molecule has 0 bridgehead atoms. The molecule has 0 fully saturated rings. The first kappa shape index (κ1) is 23.9. The Hall–Kier alpha value is -4.86. The molecule has 0 radical (unpaired) electrons. The summed E-state index contributed by atoms with van der Waals surface area (Å²) in [6.07, 6.45) is 0.906. The number of aromatic nitrogens is 4. The predicted molar refractivity (Wildman–Crippen MR) is 139 cm³/mol. The summed E-state index contributed by atoms with van der Waals surface area (Å²) in [6.45, 7) is 1.75. The number of hydrogen-bond acceptors (Lipinski definition) is 7. The molecule has 0 aliphatic heterocycles. The van der Waals surface area contributed by atoms with Crippen molar-refractivity contribution in [1.82, 2.24) is 19.2 Å². The maximum absolute atomic E-state index is 13.4. The van der Waals surface area contributed by atoms with Gasteiger partial charge in [0.2, 0.25) is 11.6 Å². The van der Waals surface area contributed by atoms with E-state index in [1.807, 2.05) is 30.3 Å². The third-order valence-electron chi connectivity index (χ3n) is 5.90. The van der Waals surface area contributed by atoms with Gasteiger partial charge in [0.25, 0.3) is 5.88 Å². The average molecular weight is 500 g/mol. The van der Waals surface area contributed by atoms with Crippen LogP contribution in [0.3, 0.4) is 0 Å². The maximum atomic E-state index is 13.4. The van der Waals surface area contributed by atoms with E-state index in [2.05, 4.69) is 22.3 Å². The molecule has 0 atom stereocenters. The van der Waals surface area contributed by atoms with Crippen molar-refractivity contribution in [2.75, 3.05) is 19.5 Å². The lowest BCUT2D eigenvalue weighted by Crippen LogP contribution is -2.28. The number of benzene rings is 3. The van der Waals surface area contributed by atoms with Crippen LogP contribution < -0.4 is 25.2 Å². The highest BCUT2D eigenvalue weighted by molar-refractivity contribution is 5.92. The molecule has 1 amide bonds. The summed E-state index contributed by atoms with van der Waals surface area (Å²) in [5, 5.41) is 7.17. The van der Waals surface area contributed by atoms with Gasteiger partial charge >= 0.3 is 5.69 Å². The van der Waals surface area contributed by atoms with Crippen LogP contribution in [0.15, 0.2) is 71.5 Å². The Morgan fingerprint density at radius 3 is 2.46 bits per heavy atom. The highest BCUT2D eigenvalue weighted by atomic mass is 16.5. The predicted octanol–water partition coefficient (Wildman–Crippen LogP) is 4.05. The minimum atomic E-state index is -0.489. The van der Waals surface area contributed by atoms with E-state index in [-0.39, 0.29) is 18.1 Å². The van der Waals surface area contributed by atoms with Gasteiger partial charge < -0.3 is 19.5 Å². The molecule has 0 aliphatic rings. The fourth-order valence-electron chi connectivity index (χ4n) is 3.97. The first-order valence-corrected chi connectivity index (χ1v) is 11.7. The molecule has 10 nitrogen and oxygen atoms in total. The standard InChI is InChI=1S/C27H25N5O5/c1-4-17-9-11-18(12-10-17)37-26-25-30-31(27(34)32(25)22-8-6-5-7-20(22)29-26)16-24(33)28-21-14-13-19(35-2)15-23(21)36-3/h5-15H,4,16H2,1-3H3,(H,28,33). The van der Waals surface area contributed by atoms with Crippen molar-refractivity contribution >= 4 is 28.3 Å². The molecule has 10 heteroatoms. The van der Waals surface area contributed by atoms with E-state index < -0.39 is 11.6 Å². The Morgan fingerprint density at radius 2 is 1.73 bits per heavy atom. The molecular formula is C27H25N5O5. The smallest absolute Gasteiger partial charge is 0.351 e. The van der Waals surface area contributed by atoms with Crippen molar-refractivity contribution in [2.24, 2.45) is 0 Å². The number of methoxy groups -OCH3 is 2. The van der Waals surface area contributed by atoms with Gasteiger partial charge in [-0.15, -0.1) is 5.10 Å². The lowest BCUT2D eigenvalue weighted by molar-refractivity contribution is -0.117. The largest absolute Gasteiger partial charge is 0.497 e. The second kappa shape index (κ2) is 10.0. The number of rotatable bonds is 8. The van der Waals surface area contributed by atoms with Crippen molar-refractivity contribution in [2.45, 2.75) is 19.9 Å². The van der Waals surface area contributed by atoms with E-state index >= 15 is 0 Å². The van der Waals surface area contributed by atoms with Crippen LogP contribution in [-0.2, 0) is 17.8 Å². The molecule has 0 saturated heterocycles. The van der Waals surface area contributed by atoms with Crippen molar-refractivity contribution in [3.8, 4) is 23.1 Å². The summed E-state index contributed by atoms with van der Waals surface area (Å²) in [5.41, 5.74) is 2.44. The van der Waals surface area contributed by atoms with Gasteiger partial charge in [-0.1, -0.05) is 31.2 Å². The van der Waals surface area contributed by atoms with E-state index in [0.717, 1.165) is 11.1 Å². The Morgan fingerprint density at radius 1 is 0.973 bits per heavy atom. The van der Waals surface area contributed by atoms with Crippen LogP contribution in [0, 0.1) is 0 Å². The number of nitrogens with one attached hydrogen (secondary N) is 1. The topological polar surface area (TPSA) is 109 Å². The Labute approximate surface area is 212 Å². The van der Waals surface area contributed by atoms with E-state index in [0.29, 0.717) is 34.0 Å². The zero-order valence-electron chi connectivity index (χ0n) is 20.6. The lowest BCUT2D eigenvalue weighted by Gasteiger charge is -2.11. The van der Waals surface area contributed by atoms with E-state index in [4.69, 9.17) is 14.2 Å². The zero-order valence-corrected chi connectivity index (χ0v) is 20.6. The number of carbonyl (C=O) groups is 1. The summed E-state index contributed by atoms with van der Waals surface area (Å²) in [4.78, 5) is 30.9. The molecule has 5 rings (SSSR count). The Bertz CT molecular complexity index is 1660. The van der Waals surface area contributed by atoms with E-state index in [9.17, 15) is 9.59 Å². The number of nitrogens with zero attached hydrogens (tertiary/aromatic N) is 4. The average Bonchev–Trinajstić information content (AvgIpc) is 3.25. The van der Waals surface area contributed by atoms with Crippen LogP contribution in [0.2, 0.25) is 0 Å².